The van der Waals surface area contributed by atoms with Crippen molar-refractivity contribution in [3.63, 3.8) is 0 Å². The lowest BCUT2D eigenvalue weighted by atomic mass is 10.2. The molecule has 1 aromatic heterocycles. The molecule has 0 amide bonds. The van der Waals surface area contributed by atoms with Gasteiger partial charge in [0.05, 0.1) is 12.7 Å². The zero-order valence-electron chi connectivity index (χ0n) is 12.7. The Morgan fingerprint density at radius 2 is 2.00 bits per heavy atom. The molecule has 0 saturated heterocycles. The minimum atomic E-state index is -0.472. The van der Waals surface area contributed by atoms with Crippen molar-refractivity contribution in [3.8, 4) is 17.1 Å². The van der Waals surface area contributed by atoms with E-state index in [2.05, 4.69) is 26.1 Å². The predicted molar refractivity (Wildman–Crippen MR) is 89.5 cm³/mol. The first kappa shape index (κ1) is 16.2. The molecule has 0 atom stereocenters. The van der Waals surface area contributed by atoms with Crippen LogP contribution in [0.2, 0.25) is 0 Å². The smallest absolute Gasteiger partial charge is 0.338 e. The van der Waals surface area contributed by atoms with Gasteiger partial charge in [0.1, 0.15) is 5.75 Å². The highest BCUT2D eigenvalue weighted by molar-refractivity contribution is 9.10. The summed E-state index contributed by atoms with van der Waals surface area (Å²) in [4.78, 5) is 16.2. The largest absolute Gasteiger partial charge is 0.497 e. The lowest BCUT2D eigenvalue weighted by Gasteiger charge is -2.03. The average Bonchev–Trinajstić information content (AvgIpc) is 3.09. The van der Waals surface area contributed by atoms with Gasteiger partial charge in [0.25, 0.3) is 5.89 Å². The van der Waals surface area contributed by atoms with Crippen LogP contribution in [-0.2, 0) is 11.3 Å². The van der Waals surface area contributed by atoms with Crippen molar-refractivity contribution in [2.24, 2.45) is 0 Å². The number of aromatic nitrogens is 2. The Kier molecular flexibility index (Phi) is 4.90. The van der Waals surface area contributed by atoms with Crippen LogP contribution < -0.4 is 4.74 Å². The molecule has 0 N–H and O–H groups in total. The SMILES string of the molecule is COc1ccc(C(=O)OCc2nc(-c3cccc(Br)c3)no2)cc1. The molecule has 0 radical (unpaired) electrons. The summed E-state index contributed by atoms with van der Waals surface area (Å²) in [6.45, 7) is -0.0914. The number of esters is 1. The summed E-state index contributed by atoms with van der Waals surface area (Å²) in [5.41, 5.74) is 1.23. The molecule has 0 fully saturated rings. The van der Waals surface area contributed by atoms with Crippen molar-refractivity contribution in [2.75, 3.05) is 7.11 Å². The number of carbonyl (C=O) groups is 1. The highest BCUT2D eigenvalue weighted by Gasteiger charge is 2.12. The average molecular weight is 389 g/mol. The maximum Gasteiger partial charge on any atom is 0.338 e. The second-order valence-electron chi connectivity index (χ2n) is 4.83. The maximum absolute atomic E-state index is 12.0. The predicted octanol–water partition coefficient (Wildman–Crippen LogP) is 3.86. The van der Waals surface area contributed by atoms with Crippen LogP contribution >= 0.6 is 15.9 Å². The molecule has 2 aromatic carbocycles. The van der Waals surface area contributed by atoms with Crippen molar-refractivity contribution in [1.29, 1.82) is 0 Å². The summed E-state index contributed by atoms with van der Waals surface area (Å²) in [6, 6.07) is 14.1. The molecule has 24 heavy (non-hydrogen) atoms. The van der Waals surface area contributed by atoms with E-state index in [9.17, 15) is 4.79 Å². The third-order valence-electron chi connectivity index (χ3n) is 3.20. The van der Waals surface area contributed by atoms with E-state index >= 15 is 0 Å². The number of halogens is 1. The fourth-order valence-corrected chi connectivity index (χ4v) is 2.40. The van der Waals surface area contributed by atoms with Gasteiger partial charge in [-0.25, -0.2) is 4.79 Å². The van der Waals surface area contributed by atoms with Crippen LogP contribution in [0.5, 0.6) is 5.75 Å². The Hall–Kier alpha value is -2.67. The normalized spacial score (nSPS) is 10.4. The summed E-state index contributed by atoms with van der Waals surface area (Å²) in [5, 5.41) is 3.89. The van der Waals surface area contributed by atoms with Gasteiger partial charge in [-0.3, -0.25) is 0 Å². The number of methoxy groups -OCH3 is 1. The summed E-state index contributed by atoms with van der Waals surface area (Å²) in [6.07, 6.45) is 0. The summed E-state index contributed by atoms with van der Waals surface area (Å²) >= 11 is 3.39. The number of ether oxygens (including phenoxy) is 2. The fraction of sp³-hybridized carbons (Fsp3) is 0.118. The lowest BCUT2D eigenvalue weighted by molar-refractivity contribution is 0.0430. The van der Waals surface area contributed by atoms with Crippen LogP contribution in [0.15, 0.2) is 57.5 Å². The Morgan fingerprint density at radius 3 is 2.71 bits per heavy atom. The molecular formula is C17H13BrN2O4. The quantitative estimate of drug-likeness (QED) is 0.617. The van der Waals surface area contributed by atoms with Crippen LogP contribution in [0.3, 0.4) is 0 Å². The number of carbonyl (C=O) groups excluding carboxylic acids is 1. The van der Waals surface area contributed by atoms with Gasteiger partial charge in [-0.2, -0.15) is 4.98 Å². The van der Waals surface area contributed by atoms with Crippen LogP contribution in [0.1, 0.15) is 16.2 Å². The van der Waals surface area contributed by atoms with E-state index in [1.165, 1.54) is 0 Å². The summed E-state index contributed by atoms with van der Waals surface area (Å²) in [7, 11) is 1.56. The number of hydrogen-bond acceptors (Lipinski definition) is 6. The first-order valence-electron chi connectivity index (χ1n) is 7.05. The molecule has 0 aliphatic carbocycles. The third-order valence-corrected chi connectivity index (χ3v) is 3.70. The van der Waals surface area contributed by atoms with Gasteiger partial charge in [-0.05, 0) is 36.4 Å². The van der Waals surface area contributed by atoms with E-state index in [1.807, 2.05) is 24.3 Å². The number of hydrogen-bond donors (Lipinski definition) is 0. The van der Waals surface area contributed by atoms with E-state index < -0.39 is 5.97 Å². The Morgan fingerprint density at radius 1 is 1.21 bits per heavy atom. The number of nitrogens with zero attached hydrogens (tertiary/aromatic N) is 2. The number of rotatable bonds is 5. The number of benzene rings is 2. The molecule has 6 nitrogen and oxygen atoms in total. The third kappa shape index (κ3) is 3.80. The molecule has 0 saturated carbocycles. The Labute approximate surface area is 146 Å². The zero-order valence-corrected chi connectivity index (χ0v) is 14.3. The van der Waals surface area contributed by atoms with Crippen molar-refractivity contribution in [1.82, 2.24) is 10.1 Å². The molecular weight excluding hydrogens is 376 g/mol. The van der Waals surface area contributed by atoms with Crippen LogP contribution in [0.25, 0.3) is 11.4 Å². The van der Waals surface area contributed by atoms with Crippen molar-refractivity contribution in [3.05, 3.63) is 64.5 Å². The molecule has 0 aliphatic heterocycles. The monoisotopic (exact) mass is 388 g/mol. The first-order valence-corrected chi connectivity index (χ1v) is 7.85. The first-order chi connectivity index (χ1) is 11.7. The van der Waals surface area contributed by atoms with Gasteiger partial charge in [0.2, 0.25) is 5.82 Å². The van der Waals surface area contributed by atoms with Crippen LogP contribution in [-0.4, -0.2) is 23.2 Å². The van der Waals surface area contributed by atoms with Crippen LogP contribution in [0.4, 0.5) is 0 Å². The van der Waals surface area contributed by atoms with Gasteiger partial charge in [0, 0.05) is 10.0 Å². The maximum atomic E-state index is 12.0. The van der Waals surface area contributed by atoms with Gasteiger partial charge in [-0.15, -0.1) is 0 Å². The van der Waals surface area contributed by atoms with E-state index in [4.69, 9.17) is 14.0 Å². The van der Waals surface area contributed by atoms with Crippen molar-refractivity contribution >= 4 is 21.9 Å². The second kappa shape index (κ2) is 7.27. The van der Waals surface area contributed by atoms with E-state index in [-0.39, 0.29) is 12.5 Å². The van der Waals surface area contributed by atoms with Gasteiger partial charge in [-0.1, -0.05) is 33.2 Å². The topological polar surface area (TPSA) is 74.5 Å². The summed E-state index contributed by atoms with van der Waals surface area (Å²) < 4.78 is 16.2. The molecule has 0 spiro atoms. The van der Waals surface area contributed by atoms with Crippen molar-refractivity contribution < 1.29 is 18.8 Å². The molecule has 0 bridgehead atoms. The van der Waals surface area contributed by atoms with E-state index in [0.29, 0.717) is 17.1 Å². The van der Waals surface area contributed by atoms with Crippen LogP contribution in [0, 0.1) is 0 Å². The molecule has 3 rings (SSSR count). The Balaban J connectivity index is 1.63. The lowest BCUT2D eigenvalue weighted by Crippen LogP contribution is -2.05. The zero-order chi connectivity index (χ0) is 16.9. The molecule has 3 aromatic rings. The minimum Gasteiger partial charge on any atom is -0.497 e. The van der Waals surface area contributed by atoms with Crippen molar-refractivity contribution in [2.45, 2.75) is 6.61 Å². The highest BCUT2D eigenvalue weighted by atomic mass is 79.9. The molecule has 1 heterocycles. The second-order valence-corrected chi connectivity index (χ2v) is 5.74. The Bertz CT molecular complexity index is 846. The molecule has 0 unspecified atom stereocenters. The van der Waals surface area contributed by atoms with E-state index in [0.717, 1.165) is 10.0 Å². The highest BCUT2D eigenvalue weighted by Crippen LogP contribution is 2.20. The fourth-order valence-electron chi connectivity index (χ4n) is 2.00. The molecule has 7 heteroatoms. The van der Waals surface area contributed by atoms with Gasteiger partial charge < -0.3 is 14.0 Å². The molecule has 0 aliphatic rings. The van der Waals surface area contributed by atoms with Gasteiger partial charge >= 0.3 is 5.97 Å². The standard InChI is InChI=1S/C17H13BrN2O4/c1-22-14-7-5-11(6-8-14)17(21)23-10-15-19-16(20-24-15)12-3-2-4-13(18)9-12/h2-9H,10H2,1H3. The summed E-state index contributed by atoms with van der Waals surface area (Å²) in [5.74, 6) is 0.862. The van der Waals surface area contributed by atoms with Gasteiger partial charge in [0.15, 0.2) is 6.61 Å². The van der Waals surface area contributed by atoms with E-state index in [1.54, 1.807) is 31.4 Å². The molecule has 122 valence electrons. The minimum absolute atomic E-state index is 0.0914.